The van der Waals surface area contributed by atoms with Gasteiger partial charge in [-0.25, -0.2) is 14.8 Å². The number of rotatable bonds is 3. The number of hydrogen-bond donors (Lipinski definition) is 1. The maximum Gasteiger partial charge on any atom is 0.419 e. The van der Waals surface area contributed by atoms with Gasteiger partial charge in [-0.3, -0.25) is 4.79 Å². The number of carbonyl (C=O) groups excluding carboxylic acids is 2. The number of aromatic nitrogens is 2. The zero-order chi connectivity index (χ0) is 20.5. The fraction of sp³-hybridized carbons (Fsp3) is 0.200. The highest BCUT2D eigenvalue weighted by molar-refractivity contribution is 6.37. The molecule has 2 aromatic heterocycles. The molecule has 0 aromatic carbocycles. The second kappa shape index (κ2) is 7.87. The molecule has 2 heterocycles. The standard InChI is InChI=1S/C15H9Cl3F3N3O3/c1-5(25)22-8-4-9(23-12(10(8)17)14(26)27-2)11-7(16)3-6(13(18)24-11)15(19,20)21/h3-4H,1-2H3,(H,22,23,25). The summed E-state index contributed by atoms with van der Waals surface area (Å²) < 4.78 is 43.3. The van der Waals surface area contributed by atoms with Crippen molar-refractivity contribution in [2.45, 2.75) is 13.1 Å². The van der Waals surface area contributed by atoms with Crippen molar-refractivity contribution >= 4 is 52.4 Å². The Labute approximate surface area is 165 Å². The lowest BCUT2D eigenvalue weighted by Crippen LogP contribution is -2.12. The Morgan fingerprint density at radius 3 is 2.30 bits per heavy atom. The molecule has 0 atom stereocenters. The van der Waals surface area contributed by atoms with Gasteiger partial charge >= 0.3 is 12.1 Å². The minimum atomic E-state index is -4.77. The van der Waals surface area contributed by atoms with Crippen LogP contribution in [0, 0.1) is 0 Å². The van der Waals surface area contributed by atoms with Crippen LogP contribution in [0.5, 0.6) is 0 Å². The number of esters is 1. The van der Waals surface area contributed by atoms with E-state index < -0.39 is 39.5 Å². The quantitative estimate of drug-likeness (QED) is 0.542. The summed E-state index contributed by atoms with van der Waals surface area (Å²) in [6.07, 6.45) is -4.77. The second-order valence-electron chi connectivity index (χ2n) is 5.05. The maximum atomic E-state index is 12.9. The van der Waals surface area contributed by atoms with Crippen LogP contribution >= 0.6 is 34.8 Å². The molecule has 0 aliphatic heterocycles. The predicted molar refractivity (Wildman–Crippen MR) is 93.1 cm³/mol. The molecular weight excluding hydrogens is 434 g/mol. The normalized spacial score (nSPS) is 11.3. The highest BCUT2D eigenvalue weighted by atomic mass is 35.5. The lowest BCUT2D eigenvalue weighted by atomic mass is 10.1. The molecule has 0 fully saturated rings. The zero-order valence-electron chi connectivity index (χ0n) is 13.5. The van der Waals surface area contributed by atoms with Crippen LogP contribution < -0.4 is 5.32 Å². The number of amides is 1. The highest BCUT2D eigenvalue weighted by Crippen LogP contribution is 2.39. The van der Waals surface area contributed by atoms with Gasteiger partial charge in [-0.05, 0) is 12.1 Å². The maximum absolute atomic E-state index is 12.9. The Morgan fingerprint density at radius 2 is 1.78 bits per heavy atom. The molecular formula is C15H9Cl3F3N3O3. The number of carbonyl (C=O) groups is 2. The number of halogens is 6. The van der Waals surface area contributed by atoms with Gasteiger partial charge in [-0.15, -0.1) is 0 Å². The molecule has 0 spiro atoms. The summed E-state index contributed by atoms with van der Waals surface area (Å²) in [6, 6.07) is 1.77. The van der Waals surface area contributed by atoms with Crippen molar-refractivity contribution in [2.75, 3.05) is 12.4 Å². The SMILES string of the molecule is COC(=O)c1nc(-c2nc(Cl)c(C(F)(F)F)cc2Cl)cc(NC(C)=O)c1Cl. The molecule has 1 amide bonds. The Kier molecular flexibility index (Phi) is 6.18. The molecule has 0 saturated heterocycles. The van der Waals surface area contributed by atoms with Crippen LogP contribution in [0.1, 0.15) is 23.0 Å². The van der Waals surface area contributed by atoms with Crippen molar-refractivity contribution in [1.82, 2.24) is 9.97 Å². The van der Waals surface area contributed by atoms with Crippen LogP contribution in [-0.4, -0.2) is 29.0 Å². The summed E-state index contributed by atoms with van der Waals surface area (Å²) in [6.45, 7) is 1.19. The first-order valence-corrected chi connectivity index (χ1v) is 8.09. The van der Waals surface area contributed by atoms with Gasteiger partial charge in [0.25, 0.3) is 0 Å². The molecule has 6 nitrogen and oxygen atoms in total. The Balaban J connectivity index is 2.73. The molecule has 12 heteroatoms. The van der Waals surface area contributed by atoms with Gasteiger partial charge in [-0.2, -0.15) is 13.2 Å². The average Bonchev–Trinajstić information content (AvgIpc) is 2.56. The van der Waals surface area contributed by atoms with Crippen molar-refractivity contribution < 1.29 is 27.5 Å². The third-order valence-corrected chi connectivity index (χ3v) is 4.08. The number of alkyl halides is 3. The summed E-state index contributed by atoms with van der Waals surface area (Å²) in [5.74, 6) is -1.46. The van der Waals surface area contributed by atoms with Crippen molar-refractivity contribution in [1.29, 1.82) is 0 Å². The highest BCUT2D eigenvalue weighted by Gasteiger charge is 2.35. The van der Waals surface area contributed by atoms with E-state index in [2.05, 4.69) is 20.0 Å². The summed E-state index contributed by atoms with van der Waals surface area (Å²) in [4.78, 5) is 30.8. The van der Waals surface area contributed by atoms with Gasteiger partial charge in [0, 0.05) is 6.92 Å². The van der Waals surface area contributed by atoms with E-state index in [0.29, 0.717) is 6.07 Å². The molecule has 27 heavy (non-hydrogen) atoms. The number of nitrogens with one attached hydrogen (secondary N) is 1. The van der Waals surface area contributed by atoms with E-state index in [9.17, 15) is 22.8 Å². The van der Waals surface area contributed by atoms with Crippen molar-refractivity contribution in [2.24, 2.45) is 0 Å². The summed E-state index contributed by atoms with van der Waals surface area (Å²) >= 11 is 17.6. The van der Waals surface area contributed by atoms with E-state index in [1.807, 2.05) is 0 Å². The van der Waals surface area contributed by atoms with Crippen molar-refractivity contribution in [3.8, 4) is 11.4 Å². The van der Waals surface area contributed by atoms with E-state index in [0.717, 1.165) is 7.11 Å². The monoisotopic (exact) mass is 441 g/mol. The van der Waals surface area contributed by atoms with E-state index in [1.54, 1.807) is 0 Å². The van der Waals surface area contributed by atoms with Crippen LogP contribution in [0.25, 0.3) is 11.4 Å². The van der Waals surface area contributed by atoms with Gasteiger partial charge in [-0.1, -0.05) is 34.8 Å². The van der Waals surface area contributed by atoms with Crippen LogP contribution in [0.3, 0.4) is 0 Å². The van der Waals surface area contributed by atoms with E-state index in [4.69, 9.17) is 34.8 Å². The van der Waals surface area contributed by atoms with Gasteiger partial charge in [0.05, 0.1) is 34.1 Å². The van der Waals surface area contributed by atoms with Crippen LogP contribution in [0.15, 0.2) is 12.1 Å². The number of hydrogen-bond acceptors (Lipinski definition) is 5. The third-order valence-electron chi connectivity index (χ3n) is 3.12. The zero-order valence-corrected chi connectivity index (χ0v) is 15.8. The molecule has 2 aromatic rings. The predicted octanol–water partition coefficient (Wildman–Crippen LogP) is 4.87. The minimum absolute atomic E-state index is 0.0385. The molecule has 0 aliphatic carbocycles. The summed E-state index contributed by atoms with van der Waals surface area (Å²) in [5.41, 5.74) is -2.06. The van der Waals surface area contributed by atoms with Gasteiger partial charge in [0.2, 0.25) is 5.91 Å². The Hall–Kier alpha value is -2.10. The number of ether oxygens (including phenoxy) is 1. The first-order chi connectivity index (χ1) is 12.5. The third kappa shape index (κ3) is 4.60. The van der Waals surface area contributed by atoms with E-state index in [1.165, 1.54) is 13.0 Å². The smallest absolute Gasteiger partial charge is 0.419 e. The molecule has 0 unspecified atom stereocenters. The van der Waals surface area contributed by atoms with E-state index >= 15 is 0 Å². The van der Waals surface area contributed by atoms with Gasteiger partial charge in [0.1, 0.15) is 10.8 Å². The summed E-state index contributed by atoms with van der Waals surface area (Å²) in [7, 11) is 1.07. The fourth-order valence-electron chi connectivity index (χ4n) is 2.01. The number of nitrogens with zero attached hydrogens (tertiary/aromatic N) is 2. The van der Waals surface area contributed by atoms with Gasteiger partial charge < -0.3 is 10.1 Å². The van der Waals surface area contributed by atoms with Crippen LogP contribution in [-0.2, 0) is 15.7 Å². The molecule has 2 rings (SSSR count). The summed E-state index contributed by atoms with van der Waals surface area (Å²) in [5, 5.41) is 0.856. The second-order valence-corrected chi connectivity index (χ2v) is 6.19. The largest absolute Gasteiger partial charge is 0.464 e. The van der Waals surface area contributed by atoms with Crippen LogP contribution in [0.4, 0.5) is 18.9 Å². The molecule has 144 valence electrons. The fourth-order valence-corrected chi connectivity index (χ4v) is 2.72. The van der Waals surface area contributed by atoms with Crippen molar-refractivity contribution in [3.63, 3.8) is 0 Å². The Bertz CT molecular complexity index is 936. The lowest BCUT2D eigenvalue weighted by molar-refractivity contribution is -0.137. The first-order valence-electron chi connectivity index (χ1n) is 6.95. The topological polar surface area (TPSA) is 81.2 Å². The first kappa shape index (κ1) is 21.2. The molecule has 0 bridgehead atoms. The van der Waals surface area contributed by atoms with Crippen LogP contribution in [0.2, 0.25) is 15.2 Å². The van der Waals surface area contributed by atoms with E-state index in [-0.39, 0.29) is 22.1 Å². The Morgan fingerprint density at radius 1 is 1.15 bits per heavy atom. The number of anilines is 1. The molecule has 0 aliphatic rings. The molecule has 0 radical (unpaired) electrons. The average molecular weight is 443 g/mol. The van der Waals surface area contributed by atoms with Crippen molar-refractivity contribution in [3.05, 3.63) is 38.6 Å². The molecule has 0 saturated carbocycles. The lowest BCUT2D eigenvalue weighted by Gasteiger charge is -2.14. The number of pyridine rings is 2. The molecule has 1 N–H and O–H groups in total. The number of methoxy groups -OCH3 is 1. The van der Waals surface area contributed by atoms with Gasteiger partial charge in [0.15, 0.2) is 5.69 Å². The minimum Gasteiger partial charge on any atom is -0.464 e.